The fraction of sp³-hybridized carbons (Fsp3) is 0.278. The Hall–Kier alpha value is -1.89. The Balaban J connectivity index is 2.39. The Labute approximate surface area is 115 Å². The lowest BCUT2D eigenvalue weighted by atomic mass is 9.93. The van der Waals surface area contributed by atoms with E-state index in [0.29, 0.717) is 5.92 Å². The number of hydrogen-bond acceptors (Lipinski definition) is 1. The van der Waals surface area contributed by atoms with Crippen molar-refractivity contribution >= 4 is 5.78 Å². The van der Waals surface area contributed by atoms with Crippen molar-refractivity contribution in [2.75, 3.05) is 0 Å². The molecule has 98 valence electrons. The van der Waals surface area contributed by atoms with Gasteiger partial charge in [-0.2, -0.15) is 0 Å². The van der Waals surface area contributed by atoms with E-state index in [2.05, 4.69) is 13.8 Å². The number of hydrogen-bond donors (Lipinski definition) is 0. The van der Waals surface area contributed by atoms with E-state index in [1.165, 1.54) is 5.56 Å². The third-order valence-electron chi connectivity index (χ3n) is 3.55. The maximum absolute atomic E-state index is 12.6. The summed E-state index contributed by atoms with van der Waals surface area (Å²) in [4.78, 5) is 12.6. The molecular formula is C18H20O. The van der Waals surface area contributed by atoms with E-state index in [4.69, 9.17) is 0 Å². The van der Waals surface area contributed by atoms with Gasteiger partial charge in [0.05, 0.1) is 0 Å². The second-order valence-electron chi connectivity index (χ2n) is 5.37. The van der Waals surface area contributed by atoms with Gasteiger partial charge in [0.1, 0.15) is 0 Å². The Morgan fingerprint density at radius 2 is 1.42 bits per heavy atom. The van der Waals surface area contributed by atoms with Crippen LogP contribution in [0.2, 0.25) is 0 Å². The van der Waals surface area contributed by atoms with Crippen LogP contribution in [0.5, 0.6) is 0 Å². The average molecular weight is 252 g/mol. The first-order valence-corrected chi connectivity index (χ1v) is 6.71. The third kappa shape index (κ3) is 2.76. The van der Waals surface area contributed by atoms with Gasteiger partial charge >= 0.3 is 0 Å². The van der Waals surface area contributed by atoms with E-state index in [0.717, 1.165) is 22.3 Å². The van der Waals surface area contributed by atoms with Crippen molar-refractivity contribution in [2.24, 2.45) is 0 Å². The van der Waals surface area contributed by atoms with Gasteiger partial charge in [-0.1, -0.05) is 56.3 Å². The number of benzene rings is 2. The minimum atomic E-state index is 0.117. The maximum Gasteiger partial charge on any atom is 0.193 e. The lowest BCUT2D eigenvalue weighted by Crippen LogP contribution is -2.06. The molecule has 0 saturated heterocycles. The lowest BCUT2D eigenvalue weighted by Gasteiger charge is -2.10. The van der Waals surface area contributed by atoms with Crippen molar-refractivity contribution in [3.05, 3.63) is 70.3 Å². The van der Waals surface area contributed by atoms with Gasteiger partial charge < -0.3 is 0 Å². The van der Waals surface area contributed by atoms with Gasteiger partial charge in [-0.25, -0.2) is 0 Å². The summed E-state index contributed by atoms with van der Waals surface area (Å²) in [5.74, 6) is 0.607. The molecule has 1 heteroatoms. The molecule has 0 heterocycles. The van der Waals surface area contributed by atoms with E-state index in [1.807, 2.05) is 56.3 Å². The molecule has 0 saturated carbocycles. The molecule has 0 aliphatic rings. The third-order valence-corrected chi connectivity index (χ3v) is 3.55. The summed E-state index contributed by atoms with van der Waals surface area (Å²) in [6, 6.07) is 13.9. The van der Waals surface area contributed by atoms with Gasteiger partial charge in [0.25, 0.3) is 0 Å². The summed E-state index contributed by atoms with van der Waals surface area (Å²) in [7, 11) is 0. The van der Waals surface area contributed by atoms with Crippen molar-refractivity contribution in [1.29, 1.82) is 0 Å². The highest BCUT2D eigenvalue weighted by atomic mass is 16.1. The molecule has 0 aromatic heterocycles. The van der Waals surface area contributed by atoms with E-state index in [9.17, 15) is 4.79 Å². The molecule has 0 radical (unpaired) electrons. The molecule has 2 rings (SSSR count). The van der Waals surface area contributed by atoms with Crippen LogP contribution in [0.25, 0.3) is 0 Å². The van der Waals surface area contributed by atoms with Crippen molar-refractivity contribution < 1.29 is 4.79 Å². The van der Waals surface area contributed by atoms with Crippen LogP contribution >= 0.6 is 0 Å². The summed E-state index contributed by atoms with van der Waals surface area (Å²) < 4.78 is 0. The number of rotatable bonds is 3. The van der Waals surface area contributed by atoms with Gasteiger partial charge in [-0.3, -0.25) is 4.79 Å². The fourth-order valence-electron chi connectivity index (χ4n) is 2.34. The fourth-order valence-corrected chi connectivity index (χ4v) is 2.34. The molecular weight excluding hydrogens is 232 g/mol. The SMILES string of the molecule is Cc1cccc(C)c1C(=O)c1ccc(C(C)C)cc1. The molecule has 2 aromatic carbocycles. The molecule has 2 aromatic rings. The van der Waals surface area contributed by atoms with E-state index in [-0.39, 0.29) is 5.78 Å². The van der Waals surface area contributed by atoms with Crippen LogP contribution in [0.4, 0.5) is 0 Å². The highest BCUT2D eigenvalue weighted by Crippen LogP contribution is 2.20. The predicted octanol–water partition coefficient (Wildman–Crippen LogP) is 4.66. The molecule has 0 aliphatic heterocycles. The van der Waals surface area contributed by atoms with Crippen LogP contribution in [0, 0.1) is 13.8 Å². The topological polar surface area (TPSA) is 17.1 Å². The molecule has 19 heavy (non-hydrogen) atoms. The highest BCUT2D eigenvalue weighted by Gasteiger charge is 2.14. The second-order valence-corrected chi connectivity index (χ2v) is 5.37. The van der Waals surface area contributed by atoms with Gasteiger partial charge in [0, 0.05) is 11.1 Å². The zero-order chi connectivity index (χ0) is 14.0. The first kappa shape index (κ1) is 13.5. The molecule has 1 nitrogen and oxygen atoms in total. The molecule has 0 fully saturated rings. The number of ketones is 1. The monoisotopic (exact) mass is 252 g/mol. The normalized spacial score (nSPS) is 10.8. The molecule has 0 bridgehead atoms. The zero-order valence-electron chi connectivity index (χ0n) is 12.0. The van der Waals surface area contributed by atoms with Gasteiger partial charge in [0.2, 0.25) is 0 Å². The Morgan fingerprint density at radius 1 is 0.895 bits per heavy atom. The Bertz CT molecular complexity index is 571. The van der Waals surface area contributed by atoms with Crippen LogP contribution < -0.4 is 0 Å². The molecule has 0 amide bonds. The Kier molecular flexibility index (Phi) is 3.84. The van der Waals surface area contributed by atoms with Crippen molar-refractivity contribution in [3.8, 4) is 0 Å². The quantitative estimate of drug-likeness (QED) is 0.726. The minimum Gasteiger partial charge on any atom is -0.289 e. The van der Waals surface area contributed by atoms with E-state index in [1.54, 1.807) is 0 Å². The summed E-state index contributed by atoms with van der Waals surface area (Å²) in [6.07, 6.45) is 0. The van der Waals surface area contributed by atoms with Gasteiger partial charge in [-0.05, 0) is 36.5 Å². The smallest absolute Gasteiger partial charge is 0.193 e. The number of carbonyl (C=O) groups excluding carboxylic acids is 1. The van der Waals surface area contributed by atoms with Crippen LogP contribution in [0.15, 0.2) is 42.5 Å². The van der Waals surface area contributed by atoms with Crippen molar-refractivity contribution in [2.45, 2.75) is 33.6 Å². The first-order valence-electron chi connectivity index (χ1n) is 6.71. The Morgan fingerprint density at radius 3 is 1.89 bits per heavy atom. The van der Waals surface area contributed by atoms with E-state index >= 15 is 0 Å². The zero-order valence-corrected chi connectivity index (χ0v) is 12.0. The molecule has 0 N–H and O–H groups in total. The minimum absolute atomic E-state index is 0.117. The van der Waals surface area contributed by atoms with Crippen LogP contribution in [0.1, 0.15) is 52.4 Å². The summed E-state index contributed by atoms with van der Waals surface area (Å²) in [6.45, 7) is 8.29. The second kappa shape index (κ2) is 5.40. The number of carbonyl (C=O) groups is 1. The van der Waals surface area contributed by atoms with Crippen molar-refractivity contribution in [1.82, 2.24) is 0 Å². The summed E-state index contributed by atoms with van der Waals surface area (Å²) in [5, 5.41) is 0. The number of aryl methyl sites for hydroxylation is 2. The highest BCUT2D eigenvalue weighted by molar-refractivity contribution is 6.10. The predicted molar refractivity (Wildman–Crippen MR) is 79.9 cm³/mol. The molecule has 0 atom stereocenters. The van der Waals surface area contributed by atoms with Crippen LogP contribution in [-0.2, 0) is 0 Å². The molecule has 0 unspecified atom stereocenters. The summed E-state index contributed by atoms with van der Waals surface area (Å²) in [5.41, 5.74) is 4.94. The molecule has 0 aliphatic carbocycles. The van der Waals surface area contributed by atoms with Gasteiger partial charge in [-0.15, -0.1) is 0 Å². The standard InChI is InChI=1S/C18H20O/c1-12(2)15-8-10-16(11-9-15)18(19)17-13(3)6-5-7-14(17)4/h5-12H,1-4H3. The largest absolute Gasteiger partial charge is 0.289 e. The maximum atomic E-state index is 12.6. The summed E-state index contributed by atoms with van der Waals surface area (Å²) >= 11 is 0. The first-order chi connectivity index (χ1) is 9.00. The van der Waals surface area contributed by atoms with Crippen molar-refractivity contribution in [3.63, 3.8) is 0 Å². The average Bonchev–Trinajstić information content (AvgIpc) is 2.38. The van der Waals surface area contributed by atoms with Crippen LogP contribution in [-0.4, -0.2) is 5.78 Å². The van der Waals surface area contributed by atoms with Gasteiger partial charge in [0.15, 0.2) is 5.78 Å². The lowest BCUT2D eigenvalue weighted by molar-refractivity contribution is 0.103. The van der Waals surface area contributed by atoms with Crippen LogP contribution in [0.3, 0.4) is 0 Å². The molecule has 0 spiro atoms. The van der Waals surface area contributed by atoms with E-state index < -0.39 is 0 Å².